The van der Waals surface area contributed by atoms with Gasteiger partial charge in [0.1, 0.15) is 17.3 Å². The van der Waals surface area contributed by atoms with Crippen molar-refractivity contribution in [2.45, 2.75) is 19.4 Å². The summed E-state index contributed by atoms with van der Waals surface area (Å²) < 4.78 is 15.1. The van der Waals surface area contributed by atoms with Gasteiger partial charge in [-0.2, -0.15) is 0 Å². The van der Waals surface area contributed by atoms with Crippen molar-refractivity contribution < 1.29 is 14.0 Å². The Kier molecular flexibility index (Phi) is 5.02. The monoisotopic (exact) mass is 377 g/mol. The number of ketones is 1. The molecule has 1 aromatic heterocycles. The molecule has 1 amide bonds. The maximum Gasteiger partial charge on any atom is 0.272 e. The molecule has 0 N–H and O–H groups in total. The topological polar surface area (TPSA) is 55.2 Å². The number of halogens is 1. The largest absolute Gasteiger partial charge is 0.336 e. The van der Waals surface area contributed by atoms with Gasteiger partial charge in [-0.1, -0.05) is 36.4 Å². The number of rotatable bonds is 4. The Hall–Kier alpha value is -3.28. The highest BCUT2D eigenvalue weighted by atomic mass is 19.1. The molecular weight excluding hydrogens is 357 g/mol. The lowest BCUT2D eigenvalue weighted by Crippen LogP contribution is -2.39. The molecule has 0 radical (unpaired) electrons. The molecule has 2 heterocycles. The molecule has 0 bridgehead atoms. The molecule has 4 rings (SSSR count). The summed E-state index contributed by atoms with van der Waals surface area (Å²) >= 11 is 0. The summed E-state index contributed by atoms with van der Waals surface area (Å²) in [4.78, 5) is 30.2. The van der Waals surface area contributed by atoms with Crippen LogP contribution in [0.4, 0.5) is 4.39 Å². The summed E-state index contributed by atoms with van der Waals surface area (Å²) in [6, 6.07) is 14.2. The number of Topliss-reactive ketones (excluding diaryl/α,β-unsaturated/α-hetero) is 1. The van der Waals surface area contributed by atoms with Crippen molar-refractivity contribution >= 4 is 11.7 Å². The van der Waals surface area contributed by atoms with E-state index in [1.54, 1.807) is 29.6 Å². The van der Waals surface area contributed by atoms with Crippen molar-refractivity contribution in [2.24, 2.45) is 0 Å². The van der Waals surface area contributed by atoms with Crippen molar-refractivity contribution in [1.82, 2.24) is 14.5 Å². The molecule has 0 atom stereocenters. The summed E-state index contributed by atoms with van der Waals surface area (Å²) in [7, 11) is 0. The minimum Gasteiger partial charge on any atom is -0.336 e. The van der Waals surface area contributed by atoms with Gasteiger partial charge in [0.15, 0.2) is 0 Å². The number of piperidine rings is 1. The number of hydrogen-bond donors (Lipinski definition) is 0. The third kappa shape index (κ3) is 3.71. The quantitative estimate of drug-likeness (QED) is 0.699. The number of carbonyl (C=O) groups is 2. The van der Waals surface area contributed by atoms with E-state index in [4.69, 9.17) is 0 Å². The summed E-state index contributed by atoms with van der Waals surface area (Å²) in [6.45, 7) is 1.38. The van der Waals surface area contributed by atoms with Gasteiger partial charge in [-0.25, -0.2) is 9.37 Å². The van der Waals surface area contributed by atoms with Gasteiger partial charge >= 0.3 is 0 Å². The Morgan fingerprint density at radius 1 is 1.04 bits per heavy atom. The maximum atomic E-state index is 13.3. The maximum absolute atomic E-state index is 13.3. The zero-order chi connectivity index (χ0) is 19.5. The van der Waals surface area contributed by atoms with Gasteiger partial charge in [-0.3, -0.25) is 9.59 Å². The lowest BCUT2D eigenvalue weighted by molar-refractivity contribution is -0.120. The van der Waals surface area contributed by atoms with Gasteiger partial charge in [0.2, 0.25) is 0 Å². The lowest BCUT2D eigenvalue weighted by atomic mass is 9.99. The van der Waals surface area contributed by atoms with Crippen LogP contribution >= 0.6 is 0 Å². The summed E-state index contributed by atoms with van der Waals surface area (Å²) in [5.74, 6) is -0.182. The van der Waals surface area contributed by atoms with Crippen LogP contribution in [0.2, 0.25) is 0 Å². The van der Waals surface area contributed by atoms with Gasteiger partial charge in [0.05, 0.1) is 12.5 Å². The fourth-order valence-electron chi connectivity index (χ4n) is 3.50. The van der Waals surface area contributed by atoms with E-state index in [0.29, 0.717) is 38.2 Å². The van der Waals surface area contributed by atoms with Crippen molar-refractivity contribution in [2.75, 3.05) is 13.1 Å². The first-order valence-corrected chi connectivity index (χ1v) is 9.27. The van der Waals surface area contributed by atoms with Crippen molar-refractivity contribution in [3.05, 3.63) is 78.1 Å². The number of aromatic nitrogens is 2. The molecule has 1 aliphatic rings. The molecule has 5 nitrogen and oxygen atoms in total. The summed E-state index contributed by atoms with van der Waals surface area (Å²) in [6.07, 6.45) is 4.03. The standard InChI is InChI=1S/C22H20FN3O2/c23-18-7-5-16(6-8-18)20-4-2-1-3-17(20)14-26-15-24-13-21(26)22(28)25-11-9-19(27)10-12-25/h1-8,13,15H,9-12,14H2. The third-order valence-electron chi connectivity index (χ3n) is 5.05. The van der Waals surface area contributed by atoms with Gasteiger partial charge < -0.3 is 9.47 Å². The Morgan fingerprint density at radius 3 is 2.50 bits per heavy atom. The molecule has 0 saturated carbocycles. The molecule has 0 aliphatic carbocycles. The van der Waals surface area contributed by atoms with Crippen molar-refractivity contribution in [3.8, 4) is 11.1 Å². The molecule has 0 unspecified atom stereocenters. The Morgan fingerprint density at radius 2 is 1.75 bits per heavy atom. The Balaban J connectivity index is 1.60. The van der Waals surface area contributed by atoms with Crippen LogP contribution < -0.4 is 0 Å². The second kappa shape index (κ2) is 7.76. The Bertz CT molecular complexity index is 1000. The van der Waals surface area contributed by atoms with Crippen molar-refractivity contribution in [3.63, 3.8) is 0 Å². The normalized spacial score (nSPS) is 14.3. The molecule has 2 aromatic carbocycles. The number of nitrogens with zero attached hydrogens (tertiary/aromatic N) is 3. The van der Waals surface area contributed by atoms with Crippen LogP contribution in [0.3, 0.4) is 0 Å². The molecule has 0 spiro atoms. The van der Waals surface area contributed by atoms with E-state index in [-0.39, 0.29) is 17.5 Å². The fourth-order valence-corrected chi connectivity index (χ4v) is 3.50. The van der Waals surface area contributed by atoms with Crippen LogP contribution in [0.1, 0.15) is 28.9 Å². The number of hydrogen-bond acceptors (Lipinski definition) is 3. The first-order chi connectivity index (χ1) is 13.6. The highest BCUT2D eigenvalue weighted by molar-refractivity contribution is 5.94. The summed E-state index contributed by atoms with van der Waals surface area (Å²) in [5.41, 5.74) is 3.41. The predicted molar refractivity (Wildman–Crippen MR) is 103 cm³/mol. The van der Waals surface area contributed by atoms with E-state index in [1.165, 1.54) is 12.1 Å². The second-order valence-electron chi connectivity index (χ2n) is 6.90. The first kappa shape index (κ1) is 18.1. The van der Waals surface area contributed by atoms with E-state index in [2.05, 4.69) is 4.98 Å². The fraction of sp³-hybridized carbons (Fsp3) is 0.227. The minimum atomic E-state index is -0.274. The van der Waals surface area contributed by atoms with Gasteiger partial charge in [-0.05, 0) is 28.8 Å². The van der Waals surface area contributed by atoms with Crippen LogP contribution in [0.15, 0.2) is 61.1 Å². The summed E-state index contributed by atoms with van der Waals surface area (Å²) in [5, 5.41) is 0. The van der Waals surface area contributed by atoms with Crippen LogP contribution in [-0.2, 0) is 11.3 Å². The average molecular weight is 377 g/mol. The number of carbonyl (C=O) groups excluding carboxylic acids is 2. The van der Waals surface area contributed by atoms with E-state index < -0.39 is 0 Å². The molecule has 1 aliphatic heterocycles. The van der Waals surface area contributed by atoms with E-state index in [1.807, 2.05) is 28.8 Å². The predicted octanol–water partition coefficient (Wildman–Crippen LogP) is 3.54. The van der Waals surface area contributed by atoms with Crippen LogP contribution in [-0.4, -0.2) is 39.2 Å². The van der Waals surface area contributed by atoms with E-state index in [9.17, 15) is 14.0 Å². The van der Waals surface area contributed by atoms with Crippen LogP contribution in [0.5, 0.6) is 0 Å². The SMILES string of the molecule is O=C1CCN(C(=O)c2cncn2Cc2ccccc2-c2ccc(F)cc2)CC1. The minimum absolute atomic E-state index is 0.107. The molecular formula is C22H20FN3O2. The number of likely N-dealkylation sites (tertiary alicyclic amines) is 1. The number of benzene rings is 2. The van der Waals surface area contributed by atoms with Gasteiger partial charge in [-0.15, -0.1) is 0 Å². The zero-order valence-electron chi connectivity index (χ0n) is 15.3. The molecule has 1 fully saturated rings. The average Bonchev–Trinajstić information content (AvgIpc) is 3.17. The van der Waals surface area contributed by atoms with E-state index in [0.717, 1.165) is 16.7 Å². The smallest absolute Gasteiger partial charge is 0.272 e. The zero-order valence-corrected chi connectivity index (χ0v) is 15.3. The van der Waals surface area contributed by atoms with Gasteiger partial charge in [0.25, 0.3) is 5.91 Å². The first-order valence-electron chi connectivity index (χ1n) is 9.27. The molecule has 142 valence electrons. The molecule has 3 aromatic rings. The highest BCUT2D eigenvalue weighted by Gasteiger charge is 2.24. The molecule has 28 heavy (non-hydrogen) atoms. The molecule has 1 saturated heterocycles. The lowest BCUT2D eigenvalue weighted by Gasteiger charge is -2.26. The third-order valence-corrected chi connectivity index (χ3v) is 5.05. The van der Waals surface area contributed by atoms with Crippen LogP contribution in [0, 0.1) is 5.82 Å². The van der Waals surface area contributed by atoms with Gasteiger partial charge in [0, 0.05) is 32.5 Å². The highest BCUT2D eigenvalue weighted by Crippen LogP contribution is 2.25. The Labute approximate surface area is 162 Å². The van der Waals surface area contributed by atoms with Crippen LogP contribution in [0.25, 0.3) is 11.1 Å². The van der Waals surface area contributed by atoms with E-state index >= 15 is 0 Å². The second-order valence-corrected chi connectivity index (χ2v) is 6.90. The molecule has 6 heteroatoms. The number of amides is 1. The van der Waals surface area contributed by atoms with Crippen molar-refractivity contribution in [1.29, 1.82) is 0 Å². The number of imidazole rings is 1.